The zero-order valence-corrected chi connectivity index (χ0v) is 16.7. The third kappa shape index (κ3) is 5.05. The highest BCUT2D eigenvalue weighted by molar-refractivity contribution is 5.93. The van der Waals surface area contributed by atoms with Crippen LogP contribution < -0.4 is 19.5 Å². The first-order chi connectivity index (χ1) is 12.9. The minimum atomic E-state index is -0.897. The van der Waals surface area contributed by atoms with E-state index in [0.717, 1.165) is 19.3 Å². The maximum Gasteiger partial charge on any atom is 0.339 e. The highest BCUT2D eigenvalue weighted by Gasteiger charge is 2.27. The molecular weight excluding hydrogens is 350 g/mol. The predicted octanol–water partition coefficient (Wildman–Crippen LogP) is 2.95. The largest absolute Gasteiger partial charge is 0.493 e. The summed E-state index contributed by atoms with van der Waals surface area (Å²) in [5.74, 6) is 0.589. The molecule has 1 saturated carbocycles. The van der Waals surface area contributed by atoms with Crippen molar-refractivity contribution >= 4 is 11.9 Å². The third-order valence-electron chi connectivity index (χ3n) is 4.99. The number of hydrogen-bond acceptors (Lipinski definition) is 6. The molecule has 1 aromatic rings. The summed E-state index contributed by atoms with van der Waals surface area (Å²) in [6.45, 7) is 3.70. The van der Waals surface area contributed by atoms with Gasteiger partial charge in [0, 0.05) is 6.04 Å². The van der Waals surface area contributed by atoms with Crippen LogP contribution in [-0.2, 0) is 9.53 Å². The topological polar surface area (TPSA) is 83.1 Å². The molecule has 1 aliphatic carbocycles. The average molecular weight is 379 g/mol. The molecule has 1 aromatic carbocycles. The van der Waals surface area contributed by atoms with Gasteiger partial charge >= 0.3 is 5.97 Å². The van der Waals surface area contributed by atoms with Crippen molar-refractivity contribution in [3.63, 3.8) is 0 Å². The summed E-state index contributed by atoms with van der Waals surface area (Å²) >= 11 is 0. The van der Waals surface area contributed by atoms with Gasteiger partial charge in [0.05, 0.1) is 26.9 Å². The highest BCUT2D eigenvalue weighted by Crippen LogP contribution is 2.38. The fraction of sp³-hybridized carbons (Fsp3) is 0.600. The molecule has 0 aliphatic heterocycles. The minimum Gasteiger partial charge on any atom is -0.493 e. The SMILES string of the molecule is COc1cc(C(=O)OC(C)C(=O)NC2CCCCC2C)cc(OC)c1OC. The number of rotatable bonds is 7. The number of carbonyl (C=O) groups is 2. The summed E-state index contributed by atoms with van der Waals surface area (Å²) in [5.41, 5.74) is 0.218. The molecule has 0 heterocycles. The third-order valence-corrected chi connectivity index (χ3v) is 4.99. The zero-order chi connectivity index (χ0) is 20.0. The molecule has 0 radical (unpaired) electrons. The van der Waals surface area contributed by atoms with E-state index in [0.29, 0.717) is 23.2 Å². The Kier molecular flexibility index (Phi) is 7.33. The van der Waals surface area contributed by atoms with Gasteiger partial charge in [-0.05, 0) is 37.8 Å². The number of carbonyl (C=O) groups excluding carboxylic acids is 2. The van der Waals surface area contributed by atoms with Gasteiger partial charge in [0.15, 0.2) is 17.6 Å². The number of hydrogen-bond donors (Lipinski definition) is 1. The molecule has 27 heavy (non-hydrogen) atoms. The maximum atomic E-state index is 12.5. The first-order valence-electron chi connectivity index (χ1n) is 9.22. The summed E-state index contributed by atoms with van der Waals surface area (Å²) in [5, 5.41) is 3.00. The fourth-order valence-corrected chi connectivity index (χ4v) is 3.31. The molecule has 0 spiro atoms. The van der Waals surface area contributed by atoms with Crippen LogP contribution in [0.15, 0.2) is 12.1 Å². The summed E-state index contributed by atoms with van der Waals surface area (Å²) in [7, 11) is 4.42. The Labute approximate surface area is 160 Å². The fourth-order valence-electron chi connectivity index (χ4n) is 3.31. The van der Waals surface area contributed by atoms with Gasteiger partial charge in [-0.15, -0.1) is 0 Å². The van der Waals surface area contributed by atoms with E-state index in [4.69, 9.17) is 18.9 Å². The monoisotopic (exact) mass is 379 g/mol. The van der Waals surface area contributed by atoms with E-state index in [2.05, 4.69) is 12.2 Å². The van der Waals surface area contributed by atoms with Crippen molar-refractivity contribution in [3.8, 4) is 17.2 Å². The van der Waals surface area contributed by atoms with E-state index in [-0.39, 0.29) is 17.5 Å². The molecule has 1 aliphatic rings. The number of benzene rings is 1. The van der Waals surface area contributed by atoms with Crippen LogP contribution in [0.25, 0.3) is 0 Å². The second kappa shape index (κ2) is 9.48. The summed E-state index contributed by atoms with van der Waals surface area (Å²) in [4.78, 5) is 24.9. The molecule has 0 aromatic heterocycles. The Hall–Kier alpha value is -2.44. The Balaban J connectivity index is 2.06. The number of methoxy groups -OCH3 is 3. The minimum absolute atomic E-state index is 0.133. The van der Waals surface area contributed by atoms with Gasteiger partial charge in [0.25, 0.3) is 5.91 Å². The molecule has 150 valence electrons. The Morgan fingerprint density at radius 3 is 2.15 bits per heavy atom. The summed E-state index contributed by atoms with van der Waals surface area (Å²) in [6.07, 6.45) is 3.46. The van der Waals surface area contributed by atoms with Crippen LogP contribution in [0.3, 0.4) is 0 Å². The van der Waals surface area contributed by atoms with Crippen LogP contribution in [0, 0.1) is 5.92 Å². The molecule has 2 rings (SSSR count). The number of nitrogens with one attached hydrogen (secondary N) is 1. The molecule has 0 saturated heterocycles. The van der Waals surface area contributed by atoms with E-state index in [9.17, 15) is 9.59 Å². The Morgan fingerprint density at radius 2 is 1.63 bits per heavy atom. The normalized spacial score (nSPS) is 20.3. The molecule has 1 fully saturated rings. The molecule has 0 bridgehead atoms. The molecular formula is C20H29NO6. The average Bonchev–Trinajstić information content (AvgIpc) is 2.68. The van der Waals surface area contributed by atoms with Crippen LogP contribution in [-0.4, -0.2) is 45.4 Å². The second-order valence-corrected chi connectivity index (χ2v) is 6.84. The van der Waals surface area contributed by atoms with Crippen molar-refractivity contribution in [2.24, 2.45) is 5.92 Å². The van der Waals surface area contributed by atoms with Crippen molar-refractivity contribution in [1.82, 2.24) is 5.32 Å². The molecule has 3 unspecified atom stereocenters. The van der Waals surface area contributed by atoms with Crippen LogP contribution in [0.2, 0.25) is 0 Å². The quantitative estimate of drug-likeness (QED) is 0.734. The molecule has 7 heteroatoms. The van der Waals surface area contributed by atoms with Gasteiger partial charge < -0.3 is 24.3 Å². The zero-order valence-electron chi connectivity index (χ0n) is 16.7. The number of amides is 1. The van der Waals surface area contributed by atoms with Gasteiger partial charge in [0.2, 0.25) is 5.75 Å². The number of esters is 1. The molecule has 7 nitrogen and oxygen atoms in total. The van der Waals surface area contributed by atoms with Crippen molar-refractivity contribution in [2.75, 3.05) is 21.3 Å². The van der Waals surface area contributed by atoms with Crippen LogP contribution in [0.1, 0.15) is 49.9 Å². The molecule has 1 N–H and O–H groups in total. The smallest absolute Gasteiger partial charge is 0.339 e. The lowest BCUT2D eigenvalue weighted by Gasteiger charge is -2.30. The molecule has 1 amide bonds. The lowest BCUT2D eigenvalue weighted by molar-refractivity contribution is -0.130. The van der Waals surface area contributed by atoms with E-state index in [1.54, 1.807) is 6.92 Å². The first-order valence-corrected chi connectivity index (χ1v) is 9.22. The van der Waals surface area contributed by atoms with E-state index < -0.39 is 12.1 Å². The Bertz CT molecular complexity index is 649. The van der Waals surface area contributed by atoms with Crippen molar-refractivity contribution in [2.45, 2.75) is 51.7 Å². The predicted molar refractivity (Wildman–Crippen MR) is 101 cm³/mol. The van der Waals surface area contributed by atoms with E-state index in [1.165, 1.54) is 39.9 Å². The summed E-state index contributed by atoms with van der Waals surface area (Å²) in [6, 6.07) is 3.13. The maximum absolute atomic E-state index is 12.5. The van der Waals surface area contributed by atoms with Crippen LogP contribution in [0.4, 0.5) is 0 Å². The lowest BCUT2D eigenvalue weighted by atomic mass is 9.86. The van der Waals surface area contributed by atoms with E-state index >= 15 is 0 Å². The van der Waals surface area contributed by atoms with Crippen molar-refractivity contribution < 1.29 is 28.5 Å². The van der Waals surface area contributed by atoms with Gasteiger partial charge in [-0.3, -0.25) is 4.79 Å². The van der Waals surface area contributed by atoms with Crippen molar-refractivity contribution in [1.29, 1.82) is 0 Å². The molecule has 3 atom stereocenters. The van der Waals surface area contributed by atoms with Crippen LogP contribution >= 0.6 is 0 Å². The van der Waals surface area contributed by atoms with Gasteiger partial charge in [-0.2, -0.15) is 0 Å². The first kappa shape index (κ1) is 20.9. The second-order valence-electron chi connectivity index (χ2n) is 6.84. The van der Waals surface area contributed by atoms with Gasteiger partial charge in [-0.1, -0.05) is 19.8 Å². The number of ether oxygens (including phenoxy) is 4. The van der Waals surface area contributed by atoms with E-state index in [1.807, 2.05) is 0 Å². The lowest BCUT2D eigenvalue weighted by Crippen LogP contribution is -2.45. The Morgan fingerprint density at radius 1 is 1.04 bits per heavy atom. The van der Waals surface area contributed by atoms with Crippen LogP contribution in [0.5, 0.6) is 17.2 Å². The highest BCUT2D eigenvalue weighted by atomic mass is 16.5. The van der Waals surface area contributed by atoms with Gasteiger partial charge in [0.1, 0.15) is 0 Å². The van der Waals surface area contributed by atoms with Gasteiger partial charge in [-0.25, -0.2) is 4.79 Å². The van der Waals surface area contributed by atoms with Crippen molar-refractivity contribution in [3.05, 3.63) is 17.7 Å². The summed E-state index contributed by atoms with van der Waals surface area (Å²) < 4.78 is 21.1. The standard InChI is InChI=1S/C20H29NO6/c1-12-8-6-7-9-15(12)21-19(22)13(2)27-20(23)14-10-16(24-3)18(26-5)17(11-14)25-4/h10-13,15H,6-9H2,1-5H3,(H,21,22).